The van der Waals surface area contributed by atoms with Gasteiger partial charge in [0.2, 0.25) is 11.7 Å². The molecule has 0 fully saturated rings. The first-order valence-corrected chi connectivity index (χ1v) is 17.2. The number of nitrogens with one attached hydrogen (secondary N) is 3. The van der Waals surface area contributed by atoms with E-state index >= 15 is 0 Å². The second-order valence-corrected chi connectivity index (χ2v) is 12.5. The van der Waals surface area contributed by atoms with Gasteiger partial charge in [0.1, 0.15) is 22.4 Å². The first-order chi connectivity index (χ1) is 25.7. The highest BCUT2D eigenvalue weighted by Gasteiger charge is 2.23. The molecule has 11 nitrogen and oxygen atoms in total. The van der Waals surface area contributed by atoms with E-state index in [9.17, 15) is 14.4 Å². The summed E-state index contributed by atoms with van der Waals surface area (Å²) in [5.74, 6) is 0.950. The van der Waals surface area contributed by atoms with Gasteiger partial charge in [-0.25, -0.2) is 0 Å². The summed E-state index contributed by atoms with van der Waals surface area (Å²) in [7, 11) is 7.56. The number of hydrogen-bond acceptors (Lipinski definition) is 9. The Hall–Kier alpha value is -6.40. The Kier molecular flexibility index (Phi) is 13.0. The van der Waals surface area contributed by atoms with Crippen molar-refractivity contribution in [3.05, 3.63) is 138 Å². The maximum Gasteiger partial charge on any atom is 0.272 e. The zero-order chi connectivity index (χ0) is 37.7. The van der Waals surface area contributed by atoms with Crippen LogP contribution in [0.1, 0.15) is 26.7 Å². The van der Waals surface area contributed by atoms with Crippen molar-refractivity contribution in [3.63, 3.8) is 0 Å². The van der Waals surface area contributed by atoms with E-state index in [0.29, 0.717) is 51.2 Å². The molecule has 272 valence electrons. The Morgan fingerprint density at radius 2 is 1.21 bits per heavy atom. The summed E-state index contributed by atoms with van der Waals surface area (Å²) in [6.45, 7) is 0. The number of carbonyl (C=O) groups excluding carboxylic acids is 3. The van der Waals surface area contributed by atoms with Gasteiger partial charge < -0.3 is 39.6 Å². The van der Waals surface area contributed by atoms with Gasteiger partial charge in [-0.05, 0) is 65.7 Å². The molecule has 0 aliphatic rings. The second-order valence-electron chi connectivity index (χ2n) is 11.3. The van der Waals surface area contributed by atoms with E-state index in [4.69, 9.17) is 23.7 Å². The van der Waals surface area contributed by atoms with Gasteiger partial charge in [-0.15, -0.1) is 11.8 Å². The Morgan fingerprint density at radius 1 is 0.623 bits per heavy atom. The van der Waals surface area contributed by atoms with Crippen molar-refractivity contribution >= 4 is 46.9 Å². The topological polar surface area (TPSA) is 133 Å². The maximum absolute atomic E-state index is 13.8. The average molecular weight is 734 g/mol. The van der Waals surface area contributed by atoms with Gasteiger partial charge in [-0.1, -0.05) is 48.5 Å². The fourth-order valence-corrected chi connectivity index (χ4v) is 6.26. The van der Waals surface area contributed by atoms with E-state index in [0.717, 1.165) is 10.5 Å². The second kappa shape index (κ2) is 18.2. The minimum atomic E-state index is -0.616. The summed E-state index contributed by atoms with van der Waals surface area (Å²) in [4.78, 5) is 41.5. The van der Waals surface area contributed by atoms with E-state index in [1.165, 1.54) is 39.2 Å². The molecule has 53 heavy (non-hydrogen) atoms. The molecule has 5 rings (SSSR count). The predicted octanol–water partition coefficient (Wildman–Crippen LogP) is 7.61. The smallest absolute Gasteiger partial charge is 0.272 e. The van der Waals surface area contributed by atoms with Crippen LogP contribution >= 0.6 is 11.8 Å². The fraction of sp³-hybridized carbons (Fsp3) is 0.146. The van der Waals surface area contributed by atoms with Gasteiger partial charge in [0.25, 0.3) is 11.8 Å². The van der Waals surface area contributed by atoms with Crippen molar-refractivity contribution in [2.75, 3.05) is 46.2 Å². The molecule has 1 atom stereocenters. The van der Waals surface area contributed by atoms with E-state index in [-0.39, 0.29) is 11.6 Å². The first-order valence-electron chi connectivity index (χ1n) is 16.3. The molecular formula is C41H39N3O8S. The van der Waals surface area contributed by atoms with Gasteiger partial charge in [0.05, 0.1) is 35.5 Å². The van der Waals surface area contributed by atoms with Crippen molar-refractivity contribution in [2.45, 2.75) is 10.1 Å². The first kappa shape index (κ1) is 37.8. The molecule has 0 saturated carbocycles. The monoisotopic (exact) mass is 733 g/mol. The molecule has 12 heteroatoms. The third-order valence-electron chi connectivity index (χ3n) is 7.85. The van der Waals surface area contributed by atoms with E-state index in [1.54, 1.807) is 87.0 Å². The lowest BCUT2D eigenvalue weighted by Gasteiger charge is -2.18. The van der Waals surface area contributed by atoms with Crippen LogP contribution in [0.25, 0.3) is 6.08 Å². The maximum atomic E-state index is 13.8. The zero-order valence-electron chi connectivity index (χ0n) is 29.8. The third kappa shape index (κ3) is 9.89. The SMILES string of the molecule is COc1cc(NC(=O)C(Sc2ccc(NC(=O)/C(=C/c3cc(OC)c(OC)c(OC)c3)NC(=O)c3ccccc3)cc2)c2ccccc2)cc(OC)c1. The van der Waals surface area contributed by atoms with E-state index < -0.39 is 17.1 Å². The van der Waals surface area contributed by atoms with Crippen LogP contribution in [0.5, 0.6) is 28.7 Å². The van der Waals surface area contributed by atoms with Crippen LogP contribution in [0.3, 0.4) is 0 Å². The lowest BCUT2D eigenvalue weighted by Crippen LogP contribution is -2.30. The number of ether oxygens (including phenoxy) is 5. The van der Waals surface area contributed by atoms with Crippen LogP contribution in [0, 0.1) is 0 Å². The molecule has 0 spiro atoms. The van der Waals surface area contributed by atoms with Crippen LogP contribution in [-0.4, -0.2) is 53.3 Å². The number of methoxy groups -OCH3 is 5. The molecule has 5 aromatic carbocycles. The number of hydrogen-bond donors (Lipinski definition) is 3. The van der Waals surface area contributed by atoms with Gasteiger partial charge in [0.15, 0.2) is 11.5 Å². The molecule has 1 unspecified atom stereocenters. The standard InChI is InChI=1S/C41H39N3O8S/c1-48-31-23-30(24-32(25-31)49-2)43-41(47)38(27-12-8-6-9-13-27)53-33-18-16-29(17-19-33)42-40(46)34(44-39(45)28-14-10-7-11-15-28)20-26-21-35(50-3)37(52-5)36(22-26)51-4/h6-25,38H,1-5H3,(H,42,46)(H,43,47)(H,44,45)/b34-20-. The summed E-state index contributed by atoms with van der Waals surface area (Å²) < 4.78 is 27.1. The molecule has 0 saturated heterocycles. The predicted molar refractivity (Wildman–Crippen MR) is 206 cm³/mol. The lowest BCUT2D eigenvalue weighted by atomic mass is 10.1. The Bertz CT molecular complexity index is 2030. The van der Waals surface area contributed by atoms with Crippen molar-refractivity contribution < 1.29 is 38.1 Å². The average Bonchev–Trinajstić information content (AvgIpc) is 3.20. The molecule has 0 bridgehead atoms. The highest BCUT2D eigenvalue weighted by atomic mass is 32.2. The summed E-state index contributed by atoms with van der Waals surface area (Å²) in [5.41, 5.74) is 2.66. The van der Waals surface area contributed by atoms with Crippen molar-refractivity contribution in [1.82, 2.24) is 5.32 Å². The summed E-state index contributed by atoms with van der Waals surface area (Å²) in [6, 6.07) is 33.6. The largest absolute Gasteiger partial charge is 0.497 e. The van der Waals surface area contributed by atoms with Gasteiger partial charge in [-0.2, -0.15) is 0 Å². The number of benzene rings is 5. The van der Waals surface area contributed by atoms with E-state index in [1.807, 2.05) is 42.5 Å². The zero-order valence-corrected chi connectivity index (χ0v) is 30.6. The Labute approximate surface area is 312 Å². The minimum Gasteiger partial charge on any atom is -0.497 e. The normalized spacial score (nSPS) is 11.5. The fourth-order valence-electron chi connectivity index (χ4n) is 5.23. The third-order valence-corrected chi connectivity index (χ3v) is 9.12. The molecular weight excluding hydrogens is 695 g/mol. The summed E-state index contributed by atoms with van der Waals surface area (Å²) >= 11 is 1.35. The number of carbonyl (C=O) groups is 3. The Balaban J connectivity index is 1.38. The molecule has 0 aliphatic carbocycles. The van der Waals surface area contributed by atoms with Crippen LogP contribution in [0.15, 0.2) is 126 Å². The van der Waals surface area contributed by atoms with Gasteiger partial charge in [0, 0.05) is 40.0 Å². The van der Waals surface area contributed by atoms with Crippen molar-refractivity contribution in [1.29, 1.82) is 0 Å². The molecule has 0 heterocycles. The molecule has 3 N–H and O–H groups in total. The summed E-state index contributed by atoms with van der Waals surface area (Å²) in [5, 5.41) is 7.98. The minimum absolute atomic E-state index is 0.0263. The number of rotatable bonds is 15. The van der Waals surface area contributed by atoms with Gasteiger partial charge in [-0.3, -0.25) is 14.4 Å². The number of thioether (sulfide) groups is 1. The molecule has 0 aliphatic heterocycles. The molecule has 0 radical (unpaired) electrons. The van der Waals surface area contributed by atoms with E-state index in [2.05, 4.69) is 16.0 Å². The van der Waals surface area contributed by atoms with Crippen LogP contribution in [0.4, 0.5) is 11.4 Å². The lowest BCUT2D eigenvalue weighted by molar-refractivity contribution is -0.116. The van der Waals surface area contributed by atoms with Crippen LogP contribution < -0.4 is 39.6 Å². The van der Waals surface area contributed by atoms with Crippen LogP contribution in [-0.2, 0) is 9.59 Å². The van der Waals surface area contributed by atoms with Crippen molar-refractivity contribution in [2.24, 2.45) is 0 Å². The van der Waals surface area contributed by atoms with Crippen LogP contribution in [0.2, 0.25) is 0 Å². The molecule has 3 amide bonds. The number of amides is 3. The summed E-state index contributed by atoms with van der Waals surface area (Å²) in [6.07, 6.45) is 1.52. The highest BCUT2D eigenvalue weighted by Crippen LogP contribution is 2.39. The Morgan fingerprint density at radius 3 is 1.75 bits per heavy atom. The molecule has 0 aromatic heterocycles. The van der Waals surface area contributed by atoms with Crippen molar-refractivity contribution in [3.8, 4) is 28.7 Å². The quantitative estimate of drug-likeness (QED) is 0.0735. The molecule has 5 aromatic rings. The number of anilines is 2. The van der Waals surface area contributed by atoms with Gasteiger partial charge >= 0.3 is 0 Å². The highest BCUT2D eigenvalue weighted by molar-refractivity contribution is 8.00.